The molecular weight excluding hydrogens is 256 g/mol. The van der Waals surface area contributed by atoms with Gasteiger partial charge < -0.3 is 9.84 Å². The lowest BCUT2D eigenvalue weighted by atomic mass is 10.1. The number of carbonyl (C=O) groups is 2. The predicted molar refractivity (Wildman–Crippen MR) is 73.7 cm³/mol. The van der Waals surface area contributed by atoms with Gasteiger partial charge in [-0.2, -0.15) is 0 Å². The molecule has 1 atom stereocenters. The second-order valence-electron chi connectivity index (χ2n) is 4.31. The Balaban J connectivity index is 2.19. The van der Waals surface area contributed by atoms with Gasteiger partial charge >= 0.3 is 11.9 Å². The Labute approximate surface area is 116 Å². The quantitative estimate of drug-likeness (QED) is 0.866. The first kappa shape index (κ1) is 13.8. The van der Waals surface area contributed by atoms with Crippen LogP contribution in [0.3, 0.4) is 0 Å². The van der Waals surface area contributed by atoms with Crippen molar-refractivity contribution >= 4 is 11.9 Å². The van der Waals surface area contributed by atoms with Gasteiger partial charge in [0.05, 0.1) is 11.1 Å². The van der Waals surface area contributed by atoms with Gasteiger partial charge in [-0.3, -0.25) is 0 Å². The van der Waals surface area contributed by atoms with Crippen molar-refractivity contribution in [3.05, 3.63) is 71.3 Å². The van der Waals surface area contributed by atoms with E-state index in [4.69, 9.17) is 9.84 Å². The number of benzene rings is 2. The largest absolute Gasteiger partial charge is 0.478 e. The number of carboxylic acid groups (broad SMARTS) is 1. The monoisotopic (exact) mass is 270 g/mol. The summed E-state index contributed by atoms with van der Waals surface area (Å²) in [7, 11) is 0. The fourth-order valence-corrected chi connectivity index (χ4v) is 1.86. The van der Waals surface area contributed by atoms with Crippen molar-refractivity contribution in [3.8, 4) is 0 Å². The third-order valence-corrected chi connectivity index (χ3v) is 2.93. The zero-order valence-electron chi connectivity index (χ0n) is 10.9. The highest BCUT2D eigenvalue weighted by molar-refractivity contribution is 6.02. The third kappa shape index (κ3) is 3.03. The standard InChI is InChI=1S/C16H14O4/c1-11(12-7-3-2-4-8-12)20-16(19)14-10-6-5-9-13(14)15(17)18/h2-11H,1H3,(H,17,18)/t11-/m1/s1. The molecule has 0 heterocycles. The maximum atomic E-state index is 12.1. The van der Waals surface area contributed by atoms with E-state index in [-0.39, 0.29) is 11.1 Å². The first-order valence-corrected chi connectivity index (χ1v) is 6.18. The molecule has 20 heavy (non-hydrogen) atoms. The van der Waals surface area contributed by atoms with Gasteiger partial charge in [-0.1, -0.05) is 42.5 Å². The van der Waals surface area contributed by atoms with Crippen LogP contribution in [0.4, 0.5) is 0 Å². The maximum Gasteiger partial charge on any atom is 0.339 e. The minimum atomic E-state index is -1.15. The lowest BCUT2D eigenvalue weighted by molar-refractivity contribution is 0.0331. The molecule has 0 unspecified atom stereocenters. The first-order chi connectivity index (χ1) is 9.59. The highest BCUT2D eigenvalue weighted by Crippen LogP contribution is 2.19. The molecule has 0 spiro atoms. The predicted octanol–water partition coefficient (Wildman–Crippen LogP) is 3.30. The third-order valence-electron chi connectivity index (χ3n) is 2.93. The molecule has 1 N–H and O–H groups in total. The molecule has 2 aromatic rings. The van der Waals surface area contributed by atoms with Crippen molar-refractivity contribution in [2.45, 2.75) is 13.0 Å². The summed E-state index contributed by atoms with van der Waals surface area (Å²) in [6.07, 6.45) is -0.439. The van der Waals surface area contributed by atoms with E-state index in [1.54, 1.807) is 19.1 Å². The Morgan fingerprint density at radius 3 is 2.10 bits per heavy atom. The molecule has 0 aromatic heterocycles. The highest BCUT2D eigenvalue weighted by Gasteiger charge is 2.19. The SMILES string of the molecule is C[C@@H](OC(=O)c1ccccc1C(=O)O)c1ccccc1. The minimum absolute atomic E-state index is 0.0576. The number of aromatic carboxylic acids is 1. The number of hydrogen-bond acceptors (Lipinski definition) is 3. The Hall–Kier alpha value is -2.62. The number of ether oxygens (including phenoxy) is 1. The average molecular weight is 270 g/mol. The van der Waals surface area contributed by atoms with Crippen LogP contribution < -0.4 is 0 Å². The van der Waals surface area contributed by atoms with E-state index < -0.39 is 18.0 Å². The van der Waals surface area contributed by atoms with Crippen LogP contribution in [0.5, 0.6) is 0 Å². The number of hydrogen-bond donors (Lipinski definition) is 1. The van der Waals surface area contributed by atoms with E-state index >= 15 is 0 Å². The summed E-state index contributed by atoms with van der Waals surface area (Å²) in [5.41, 5.74) is 0.856. The Morgan fingerprint density at radius 2 is 1.50 bits per heavy atom. The van der Waals surface area contributed by atoms with Gasteiger partial charge in [0, 0.05) is 0 Å². The second-order valence-corrected chi connectivity index (χ2v) is 4.31. The molecule has 4 heteroatoms. The van der Waals surface area contributed by atoms with Gasteiger partial charge in [-0.25, -0.2) is 9.59 Å². The minimum Gasteiger partial charge on any atom is -0.478 e. The van der Waals surface area contributed by atoms with Gasteiger partial charge in [0.15, 0.2) is 0 Å². The molecule has 0 amide bonds. The molecule has 0 saturated carbocycles. The molecular formula is C16H14O4. The molecule has 0 radical (unpaired) electrons. The first-order valence-electron chi connectivity index (χ1n) is 6.18. The van der Waals surface area contributed by atoms with E-state index in [2.05, 4.69) is 0 Å². The van der Waals surface area contributed by atoms with Gasteiger partial charge in [0.25, 0.3) is 0 Å². The molecule has 0 aliphatic rings. The number of esters is 1. The fraction of sp³-hybridized carbons (Fsp3) is 0.125. The van der Waals surface area contributed by atoms with E-state index in [0.717, 1.165) is 5.56 Å². The summed E-state index contributed by atoms with van der Waals surface area (Å²) in [6, 6.07) is 15.3. The second kappa shape index (κ2) is 6.02. The maximum absolute atomic E-state index is 12.1. The van der Waals surface area contributed by atoms with Gasteiger partial charge in [-0.15, -0.1) is 0 Å². The topological polar surface area (TPSA) is 63.6 Å². The zero-order valence-corrected chi connectivity index (χ0v) is 10.9. The molecule has 102 valence electrons. The van der Waals surface area contributed by atoms with Crippen LogP contribution in [0, 0.1) is 0 Å². The van der Waals surface area contributed by atoms with E-state index in [9.17, 15) is 9.59 Å². The van der Waals surface area contributed by atoms with E-state index in [1.165, 1.54) is 12.1 Å². The number of carbonyl (C=O) groups excluding carboxylic acids is 1. The van der Waals surface area contributed by atoms with Crippen LogP contribution in [0.25, 0.3) is 0 Å². The average Bonchev–Trinajstić information content (AvgIpc) is 2.48. The molecule has 0 aliphatic heterocycles. The van der Waals surface area contributed by atoms with Crippen molar-refractivity contribution in [1.29, 1.82) is 0 Å². The summed E-state index contributed by atoms with van der Waals surface area (Å²) < 4.78 is 5.31. The number of rotatable bonds is 4. The summed E-state index contributed by atoms with van der Waals surface area (Å²) in [6.45, 7) is 1.75. The van der Waals surface area contributed by atoms with Crippen molar-refractivity contribution in [3.63, 3.8) is 0 Å². The lowest BCUT2D eigenvalue weighted by Crippen LogP contribution is -2.13. The van der Waals surface area contributed by atoms with Crippen LogP contribution in [0.1, 0.15) is 39.3 Å². The van der Waals surface area contributed by atoms with Crippen LogP contribution in [0.2, 0.25) is 0 Å². The van der Waals surface area contributed by atoms with Crippen molar-refractivity contribution < 1.29 is 19.4 Å². The molecule has 4 nitrogen and oxygen atoms in total. The zero-order chi connectivity index (χ0) is 14.5. The molecule has 0 aliphatic carbocycles. The summed E-state index contributed by atoms with van der Waals surface area (Å²) in [5.74, 6) is -1.79. The molecule has 2 aromatic carbocycles. The fourth-order valence-electron chi connectivity index (χ4n) is 1.86. The van der Waals surface area contributed by atoms with Gasteiger partial charge in [-0.05, 0) is 24.6 Å². The van der Waals surface area contributed by atoms with Crippen molar-refractivity contribution in [2.24, 2.45) is 0 Å². The van der Waals surface area contributed by atoms with Crippen LogP contribution in [-0.2, 0) is 4.74 Å². The lowest BCUT2D eigenvalue weighted by Gasteiger charge is -2.14. The van der Waals surface area contributed by atoms with Crippen molar-refractivity contribution in [2.75, 3.05) is 0 Å². The molecule has 2 rings (SSSR count). The van der Waals surface area contributed by atoms with Gasteiger partial charge in [0.2, 0.25) is 0 Å². The Bertz CT molecular complexity index is 619. The molecule has 0 saturated heterocycles. The normalized spacial score (nSPS) is 11.7. The summed E-state index contributed by atoms with van der Waals surface area (Å²) in [5, 5.41) is 9.06. The van der Waals surface area contributed by atoms with Crippen LogP contribution in [-0.4, -0.2) is 17.0 Å². The van der Waals surface area contributed by atoms with E-state index in [0.29, 0.717) is 0 Å². The van der Waals surface area contributed by atoms with Gasteiger partial charge in [0.1, 0.15) is 6.10 Å². The molecule has 0 fully saturated rings. The smallest absolute Gasteiger partial charge is 0.339 e. The number of carboxylic acids is 1. The summed E-state index contributed by atoms with van der Waals surface area (Å²) in [4.78, 5) is 23.1. The van der Waals surface area contributed by atoms with E-state index in [1.807, 2.05) is 30.3 Å². The summed E-state index contributed by atoms with van der Waals surface area (Å²) >= 11 is 0. The highest BCUT2D eigenvalue weighted by atomic mass is 16.5. The van der Waals surface area contributed by atoms with Crippen LogP contribution >= 0.6 is 0 Å². The molecule has 0 bridgehead atoms. The van der Waals surface area contributed by atoms with Crippen molar-refractivity contribution in [1.82, 2.24) is 0 Å². The Morgan fingerprint density at radius 1 is 0.950 bits per heavy atom. The van der Waals surface area contributed by atoms with Crippen LogP contribution in [0.15, 0.2) is 54.6 Å². The Kier molecular flexibility index (Phi) is 4.15.